The largest absolute Gasteiger partial charge is 0.338 e. The lowest BCUT2D eigenvalue weighted by Gasteiger charge is -2.19. The van der Waals surface area contributed by atoms with Gasteiger partial charge < -0.3 is 9.88 Å². The van der Waals surface area contributed by atoms with Crippen molar-refractivity contribution in [1.29, 1.82) is 0 Å². The molecule has 34 heavy (non-hydrogen) atoms. The number of nitrogens with zero attached hydrogens (tertiary/aromatic N) is 2. The van der Waals surface area contributed by atoms with Crippen molar-refractivity contribution < 1.29 is 13.2 Å². The van der Waals surface area contributed by atoms with Crippen molar-refractivity contribution in [1.82, 2.24) is 14.9 Å². The van der Waals surface area contributed by atoms with Crippen LogP contribution in [0.3, 0.4) is 0 Å². The minimum atomic E-state index is -3.79. The first kappa shape index (κ1) is 23.5. The number of imidazole rings is 1. The molecule has 0 aliphatic heterocycles. The van der Waals surface area contributed by atoms with Crippen molar-refractivity contribution >= 4 is 33.2 Å². The Labute approximate surface area is 203 Å². The van der Waals surface area contributed by atoms with Gasteiger partial charge in [0.1, 0.15) is 11.9 Å². The summed E-state index contributed by atoms with van der Waals surface area (Å²) in [6.45, 7) is 1.92. The summed E-state index contributed by atoms with van der Waals surface area (Å²) in [6, 6.07) is 19.5. The summed E-state index contributed by atoms with van der Waals surface area (Å²) < 4.78 is 29.8. The molecule has 0 radical (unpaired) electrons. The van der Waals surface area contributed by atoms with Crippen LogP contribution in [0.2, 0.25) is 5.02 Å². The van der Waals surface area contributed by atoms with Gasteiger partial charge >= 0.3 is 0 Å². The number of carbonyl (C=O) groups is 1. The third kappa shape index (κ3) is 5.30. The monoisotopic (exact) mass is 494 g/mol. The van der Waals surface area contributed by atoms with Gasteiger partial charge in [0.25, 0.3) is 15.9 Å². The van der Waals surface area contributed by atoms with Crippen LogP contribution in [0.25, 0.3) is 0 Å². The fourth-order valence-corrected chi connectivity index (χ4v) is 4.63. The highest BCUT2D eigenvalue weighted by molar-refractivity contribution is 7.92. The van der Waals surface area contributed by atoms with E-state index in [1.165, 1.54) is 24.3 Å². The number of hydrogen-bond donors (Lipinski definition) is 2. The predicted molar refractivity (Wildman–Crippen MR) is 132 cm³/mol. The number of aryl methyl sites for hydroxylation is 2. The number of aromatic nitrogens is 2. The van der Waals surface area contributed by atoms with Gasteiger partial charge in [-0.05, 0) is 61.0 Å². The van der Waals surface area contributed by atoms with Gasteiger partial charge in [0.15, 0.2) is 0 Å². The Kier molecular flexibility index (Phi) is 6.72. The van der Waals surface area contributed by atoms with Crippen LogP contribution < -0.4 is 10.0 Å². The molecule has 7 nitrogen and oxygen atoms in total. The Morgan fingerprint density at radius 3 is 2.21 bits per heavy atom. The topological polar surface area (TPSA) is 93.1 Å². The molecular weight excluding hydrogens is 472 g/mol. The van der Waals surface area contributed by atoms with Gasteiger partial charge in [0.2, 0.25) is 0 Å². The quantitative estimate of drug-likeness (QED) is 0.389. The standard InChI is InChI=1S/C25H23ClN4O3S/c1-17-3-11-21(12-4-17)29-34(32,33)22-13-7-19(8-14-22)25(31)28-23(24-27-15-16-30(24)2)18-5-9-20(26)10-6-18/h3-16,23,29H,1-2H3,(H,28,31). The number of sulfonamides is 1. The van der Waals surface area contributed by atoms with Gasteiger partial charge in [-0.15, -0.1) is 0 Å². The molecule has 0 aliphatic rings. The molecule has 9 heteroatoms. The second kappa shape index (κ2) is 9.70. The fourth-order valence-electron chi connectivity index (χ4n) is 3.44. The minimum Gasteiger partial charge on any atom is -0.338 e. The van der Waals surface area contributed by atoms with Crippen molar-refractivity contribution in [3.8, 4) is 0 Å². The molecule has 174 valence electrons. The normalized spacial score (nSPS) is 12.2. The molecular formula is C25H23ClN4O3S. The molecule has 0 spiro atoms. The van der Waals surface area contributed by atoms with Gasteiger partial charge in [-0.1, -0.05) is 41.4 Å². The van der Waals surface area contributed by atoms with E-state index < -0.39 is 16.1 Å². The average molecular weight is 495 g/mol. The van der Waals surface area contributed by atoms with E-state index in [9.17, 15) is 13.2 Å². The summed E-state index contributed by atoms with van der Waals surface area (Å²) in [5.74, 6) is 0.288. The molecule has 3 aromatic carbocycles. The fraction of sp³-hybridized carbons (Fsp3) is 0.120. The predicted octanol–water partition coefficient (Wildman–Crippen LogP) is 4.70. The first-order valence-corrected chi connectivity index (χ1v) is 12.3. The molecule has 0 saturated carbocycles. The molecule has 4 rings (SSSR count). The van der Waals surface area contributed by atoms with Crippen LogP contribution in [0.15, 0.2) is 90.1 Å². The highest BCUT2D eigenvalue weighted by Gasteiger charge is 2.22. The van der Waals surface area contributed by atoms with E-state index in [0.717, 1.165) is 11.1 Å². The number of carbonyl (C=O) groups excluding carboxylic acids is 1. The first-order valence-electron chi connectivity index (χ1n) is 10.5. The van der Waals surface area contributed by atoms with Gasteiger partial charge in [-0.25, -0.2) is 13.4 Å². The zero-order valence-corrected chi connectivity index (χ0v) is 20.1. The molecule has 0 fully saturated rings. The number of hydrogen-bond acceptors (Lipinski definition) is 4. The summed E-state index contributed by atoms with van der Waals surface area (Å²) >= 11 is 6.02. The van der Waals surface area contributed by atoms with Crippen LogP contribution in [0.5, 0.6) is 0 Å². The Hall–Kier alpha value is -3.62. The molecule has 0 aliphatic carbocycles. The maximum atomic E-state index is 13.0. The van der Waals surface area contributed by atoms with Crippen molar-refractivity contribution in [3.05, 3.63) is 113 Å². The molecule has 1 unspecified atom stereocenters. The second-order valence-corrected chi connectivity index (χ2v) is 9.97. The second-order valence-electron chi connectivity index (χ2n) is 7.85. The first-order chi connectivity index (χ1) is 16.2. The summed E-state index contributed by atoms with van der Waals surface area (Å²) in [5, 5.41) is 3.57. The molecule has 1 atom stereocenters. The maximum Gasteiger partial charge on any atom is 0.261 e. The van der Waals surface area contributed by atoms with E-state index in [-0.39, 0.29) is 10.8 Å². The van der Waals surface area contributed by atoms with Gasteiger partial charge in [-0.3, -0.25) is 9.52 Å². The molecule has 1 heterocycles. The Bertz CT molecular complexity index is 1400. The maximum absolute atomic E-state index is 13.0. The van der Waals surface area contributed by atoms with Crippen molar-refractivity contribution in [2.75, 3.05) is 4.72 Å². The van der Waals surface area contributed by atoms with E-state index in [2.05, 4.69) is 15.0 Å². The molecule has 1 amide bonds. The van der Waals surface area contributed by atoms with Gasteiger partial charge in [0, 0.05) is 35.7 Å². The van der Waals surface area contributed by atoms with Crippen LogP contribution in [0, 0.1) is 6.92 Å². The number of rotatable bonds is 7. The highest BCUT2D eigenvalue weighted by Crippen LogP contribution is 2.23. The number of anilines is 1. The highest BCUT2D eigenvalue weighted by atomic mass is 35.5. The van der Waals surface area contributed by atoms with Gasteiger partial charge in [-0.2, -0.15) is 0 Å². The van der Waals surface area contributed by atoms with Crippen molar-refractivity contribution in [3.63, 3.8) is 0 Å². The van der Waals surface area contributed by atoms with Gasteiger partial charge in [0.05, 0.1) is 4.90 Å². The van der Waals surface area contributed by atoms with E-state index in [1.807, 2.05) is 42.8 Å². The number of halogens is 1. The Balaban J connectivity index is 1.54. The van der Waals surface area contributed by atoms with Crippen LogP contribution in [-0.2, 0) is 17.1 Å². The molecule has 0 saturated heterocycles. The summed E-state index contributed by atoms with van der Waals surface area (Å²) in [6.07, 6.45) is 3.45. The molecule has 4 aromatic rings. The summed E-state index contributed by atoms with van der Waals surface area (Å²) in [5.41, 5.74) is 2.63. The minimum absolute atomic E-state index is 0.0583. The zero-order chi connectivity index (χ0) is 24.3. The van der Waals surface area contributed by atoms with Crippen LogP contribution in [0.1, 0.15) is 33.4 Å². The molecule has 0 bridgehead atoms. The van der Waals surface area contributed by atoms with E-state index >= 15 is 0 Å². The zero-order valence-electron chi connectivity index (χ0n) is 18.6. The van der Waals surface area contributed by atoms with E-state index in [0.29, 0.717) is 22.1 Å². The number of nitrogens with one attached hydrogen (secondary N) is 2. The Morgan fingerprint density at radius 2 is 1.62 bits per heavy atom. The van der Waals surface area contributed by atoms with Crippen LogP contribution >= 0.6 is 11.6 Å². The average Bonchev–Trinajstić information content (AvgIpc) is 3.25. The third-order valence-corrected chi connectivity index (χ3v) is 6.98. The number of amides is 1. The lowest BCUT2D eigenvalue weighted by atomic mass is 10.1. The van der Waals surface area contributed by atoms with Crippen molar-refractivity contribution in [2.45, 2.75) is 17.9 Å². The molecule has 1 aromatic heterocycles. The Morgan fingerprint density at radius 1 is 0.971 bits per heavy atom. The van der Waals surface area contributed by atoms with Crippen LogP contribution in [-0.4, -0.2) is 23.9 Å². The summed E-state index contributed by atoms with van der Waals surface area (Å²) in [4.78, 5) is 17.5. The summed E-state index contributed by atoms with van der Waals surface area (Å²) in [7, 11) is -1.94. The van der Waals surface area contributed by atoms with E-state index in [1.54, 1.807) is 36.7 Å². The SMILES string of the molecule is Cc1ccc(NS(=O)(=O)c2ccc(C(=O)NC(c3ccc(Cl)cc3)c3nccn3C)cc2)cc1. The van der Waals surface area contributed by atoms with E-state index in [4.69, 9.17) is 11.6 Å². The number of benzene rings is 3. The lowest BCUT2D eigenvalue weighted by molar-refractivity contribution is 0.0941. The lowest BCUT2D eigenvalue weighted by Crippen LogP contribution is -2.31. The third-order valence-electron chi connectivity index (χ3n) is 5.33. The van der Waals surface area contributed by atoms with Crippen LogP contribution in [0.4, 0.5) is 5.69 Å². The van der Waals surface area contributed by atoms with Crippen molar-refractivity contribution in [2.24, 2.45) is 7.05 Å². The molecule has 2 N–H and O–H groups in total. The smallest absolute Gasteiger partial charge is 0.261 e.